The van der Waals surface area contributed by atoms with E-state index >= 15 is 0 Å². The van der Waals surface area contributed by atoms with E-state index in [0.29, 0.717) is 11.5 Å². The lowest BCUT2D eigenvalue weighted by atomic mass is 9.75. The largest absolute Gasteiger partial charge is 0.330 e. The maximum Gasteiger partial charge on any atom is 0.257 e. The first-order valence-corrected chi connectivity index (χ1v) is 15.3. The SMILES string of the molecule is CCC1(CN)CN(C(c2ccccc2)c2ccccc2)C1.[C-]#[N+]C1(CC)CN(C(c2ccccc2)c2ccccc2)C1. The van der Waals surface area contributed by atoms with Gasteiger partial charge in [0.25, 0.3) is 5.54 Å². The molecule has 0 unspecified atom stereocenters. The molecule has 2 N–H and O–H groups in total. The fourth-order valence-electron chi connectivity index (χ4n) is 6.53. The molecule has 4 heteroatoms. The van der Waals surface area contributed by atoms with Crippen LogP contribution >= 0.6 is 0 Å². The minimum atomic E-state index is -0.165. The lowest BCUT2D eigenvalue weighted by Gasteiger charge is -2.53. The van der Waals surface area contributed by atoms with E-state index in [1.165, 1.54) is 22.3 Å². The Labute approximate surface area is 252 Å². The van der Waals surface area contributed by atoms with Crippen molar-refractivity contribution in [3.05, 3.63) is 155 Å². The van der Waals surface area contributed by atoms with Crippen LogP contribution in [0.2, 0.25) is 0 Å². The normalized spacial score (nSPS) is 17.4. The zero-order chi connectivity index (χ0) is 29.4. The van der Waals surface area contributed by atoms with Gasteiger partial charge in [0, 0.05) is 31.5 Å². The number of hydrogen-bond donors (Lipinski definition) is 1. The molecule has 6 rings (SSSR count). The predicted octanol–water partition coefficient (Wildman–Crippen LogP) is 7.61. The van der Waals surface area contributed by atoms with Crippen LogP contribution in [0, 0.1) is 12.0 Å². The van der Waals surface area contributed by atoms with Gasteiger partial charge in [-0.1, -0.05) is 135 Å². The number of likely N-dealkylation sites (tertiary alicyclic amines) is 2. The van der Waals surface area contributed by atoms with Crippen molar-refractivity contribution in [2.75, 3.05) is 32.7 Å². The first-order valence-electron chi connectivity index (χ1n) is 15.3. The van der Waals surface area contributed by atoms with E-state index < -0.39 is 0 Å². The van der Waals surface area contributed by atoms with Crippen LogP contribution in [0.3, 0.4) is 0 Å². The smallest absolute Gasteiger partial charge is 0.257 e. The molecule has 0 radical (unpaired) electrons. The summed E-state index contributed by atoms with van der Waals surface area (Å²) >= 11 is 0. The molecular weight excluding hydrogens is 512 g/mol. The van der Waals surface area contributed by atoms with Gasteiger partial charge in [0.1, 0.15) is 0 Å². The third kappa shape index (κ3) is 6.35. The van der Waals surface area contributed by atoms with E-state index in [1.807, 2.05) is 0 Å². The van der Waals surface area contributed by atoms with Crippen LogP contribution < -0.4 is 5.73 Å². The molecule has 0 bridgehead atoms. The highest BCUT2D eigenvalue weighted by Gasteiger charge is 2.50. The van der Waals surface area contributed by atoms with Gasteiger partial charge in [0.2, 0.25) is 0 Å². The molecule has 0 aromatic heterocycles. The summed E-state index contributed by atoms with van der Waals surface area (Å²) in [5.74, 6) is 0. The number of rotatable bonds is 9. The highest BCUT2D eigenvalue weighted by atomic mass is 15.3. The molecule has 4 aromatic rings. The van der Waals surface area contributed by atoms with Crippen LogP contribution in [0.25, 0.3) is 4.85 Å². The molecule has 2 saturated heterocycles. The van der Waals surface area contributed by atoms with Crippen LogP contribution in [0.5, 0.6) is 0 Å². The molecule has 2 fully saturated rings. The van der Waals surface area contributed by atoms with E-state index in [2.05, 4.69) is 150 Å². The second-order valence-corrected chi connectivity index (χ2v) is 12.0. The Hall–Kier alpha value is -3.75. The van der Waals surface area contributed by atoms with Crippen molar-refractivity contribution in [1.82, 2.24) is 9.80 Å². The van der Waals surface area contributed by atoms with Crippen molar-refractivity contribution in [3.8, 4) is 0 Å². The Balaban J connectivity index is 0.000000168. The van der Waals surface area contributed by atoms with Crippen LogP contribution in [0.15, 0.2) is 121 Å². The van der Waals surface area contributed by atoms with E-state index in [-0.39, 0.29) is 11.6 Å². The third-order valence-electron chi connectivity index (χ3n) is 9.34. The minimum Gasteiger partial charge on any atom is -0.330 e. The molecule has 2 aliphatic heterocycles. The first kappa shape index (κ1) is 29.7. The van der Waals surface area contributed by atoms with Gasteiger partial charge in [0.05, 0.1) is 25.2 Å². The highest BCUT2D eigenvalue weighted by Crippen LogP contribution is 2.41. The van der Waals surface area contributed by atoms with Gasteiger partial charge in [-0.15, -0.1) is 0 Å². The average molecular weight is 557 g/mol. The average Bonchev–Trinajstić information content (AvgIpc) is 3.02. The maximum atomic E-state index is 7.45. The Kier molecular flexibility index (Phi) is 9.55. The monoisotopic (exact) mass is 556 g/mol. The summed E-state index contributed by atoms with van der Waals surface area (Å²) in [6.07, 6.45) is 2.10. The summed E-state index contributed by atoms with van der Waals surface area (Å²) in [7, 11) is 0. The molecule has 0 atom stereocenters. The van der Waals surface area contributed by atoms with Crippen LogP contribution in [0.1, 0.15) is 61.0 Å². The van der Waals surface area contributed by atoms with Crippen molar-refractivity contribution in [2.45, 2.75) is 44.3 Å². The quantitative estimate of drug-likeness (QED) is 0.216. The second kappa shape index (κ2) is 13.5. The highest BCUT2D eigenvalue weighted by molar-refractivity contribution is 5.34. The second-order valence-electron chi connectivity index (χ2n) is 12.0. The molecule has 2 aliphatic rings. The summed E-state index contributed by atoms with van der Waals surface area (Å²) < 4.78 is 0. The number of nitrogens with two attached hydrogens (primary N) is 1. The van der Waals surface area contributed by atoms with Crippen molar-refractivity contribution >= 4 is 0 Å². The lowest BCUT2D eigenvalue weighted by molar-refractivity contribution is -0.0178. The Morgan fingerprint density at radius 2 is 0.929 bits per heavy atom. The summed E-state index contributed by atoms with van der Waals surface area (Å²) in [5, 5.41) is 0. The third-order valence-corrected chi connectivity index (χ3v) is 9.34. The fourth-order valence-corrected chi connectivity index (χ4v) is 6.53. The molecule has 216 valence electrons. The molecule has 42 heavy (non-hydrogen) atoms. The van der Waals surface area contributed by atoms with Crippen molar-refractivity contribution in [2.24, 2.45) is 11.1 Å². The summed E-state index contributed by atoms with van der Waals surface area (Å²) in [6, 6.07) is 43.4. The minimum absolute atomic E-state index is 0.165. The molecule has 0 aliphatic carbocycles. The molecule has 4 aromatic carbocycles. The fraction of sp³-hybridized carbons (Fsp3) is 0.342. The first-order chi connectivity index (χ1) is 20.6. The van der Waals surface area contributed by atoms with Crippen LogP contribution in [0.4, 0.5) is 0 Å². The Bertz CT molecular complexity index is 1320. The zero-order valence-corrected chi connectivity index (χ0v) is 25.1. The van der Waals surface area contributed by atoms with Gasteiger partial charge in [-0.3, -0.25) is 9.80 Å². The summed E-state index contributed by atoms with van der Waals surface area (Å²) in [6.45, 7) is 16.5. The van der Waals surface area contributed by atoms with E-state index in [0.717, 1.165) is 45.6 Å². The van der Waals surface area contributed by atoms with Crippen molar-refractivity contribution < 1.29 is 0 Å². The lowest BCUT2D eigenvalue weighted by Crippen LogP contribution is -2.60. The zero-order valence-electron chi connectivity index (χ0n) is 25.1. The van der Waals surface area contributed by atoms with Gasteiger partial charge >= 0.3 is 0 Å². The summed E-state index contributed by atoms with van der Waals surface area (Å²) in [4.78, 5) is 8.85. The maximum absolute atomic E-state index is 7.45. The molecule has 0 saturated carbocycles. The molecule has 4 nitrogen and oxygen atoms in total. The van der Waals surface area contributed by atoms with Gasteiger partial charge in [-0.25, -0.2) is 6.57 Å². The number of hydrogen-bond acceptors (Lipinski definition) is 3. The Morgan fingerprint density at radius 3 is 1.19 bits per heavy atom. The van der Waals surface area contributed by atoms with Crippen LogP contribution in [-0.2, 0) is 0 Å². The standard InChI is InChI=1S/C19H20N2.C19H24N2/c1-3-19(20-2)14-21(15-19)18(16-10-6-4-7-11-16)17-12-8-5-9-13-17;1-2-19(13-20)14-21(15-19)18(16-9-5-3-6-10-16)17-11-7-4-8-12-17/h4-13,18H,3,14-15H2,1H3;3-12,18H,2,13-15,20H2,1H3. The topological polar surface area (TPSA) is 36.9 Å². The molecule has 0 spiro atoms. The molecule has 2 heterocycles. The van der Waals surface area contributed by atoms with Gasteiger partial charge in [-0.2, -0.15) is 0 Å². The molecule has 0 amide bonds. The molecular formula is C38H44N4. The van der Waals surface area contributed by atoms with Gasteiger partial charge < -0.3 is 10.6 Å². The number of nitrogens with zero attached hydrogens (tertiary/aromatic N) is 3. The van der Waals surface area contributed by atoms with E-state index in [9.17, 15) is 0 Å². The number of benzene rings is 4. The summed E-state index contributed by atoms with van der Waals surface area (Å²) in [5.41, 5.74) is 11.5. The predicted molar refractivity (Wildman–Crippen MR) is 174 cm³/mol. The van der Waals surface area contributed by atoms with Crippen LogP contribution in [-0.4, -0.2) is 48.1 Å². The Morgan fingerprint density at radius 1 is 0.595 bits per heavy atom. The van der Waals surface area contributed by atoms with Crippen molar-refractivity contribution in [3.63, 3.8) is 0 Å². The van der Waals surface area contributed by atoms with E-state index in [4.69, 9.17) is 12.3 Å². The van der Waals surface area contributed by atoms with Gasteiger partial charge in [0.15, 0.2) is 0 Å². The van der Waals surface area contributed by atoms with E-state index in [1.54, 1.807) is 0 Å². The van der Waals surface area contributed by atoms with Crippen molar-refractivity contribution in [1.29, 1.82) is 0 Å². The van der Waals surface area contributed by atoms with Gasteiger partial charge in [-0.05, 0) is 28.7 Å².